The summed E-state index contributed by atoms with van der Waals surface area (Å²) in [6, 6.07) is 10.5. The van der Waals surface area contributed by atoms with Crippen molar-refractivity contribution in [2.75, 3.05) is 38.8 Å². The van der Waals surface area contributed by atoms with E-state index < -0.39 is 40.8 Å². The van der Waals surface area contributed by atoms with Gasteiger partial charge in [-0.25, -0.2) is 0 Å². The maximum Gasteiger partial charge on any atom is 0.310 e. The van der Waals surface area contributed by atoms with Gasteiger partial charge >= 0.3 is 5.97 Å². The number of amides is 1. The quantitative estimate of drug-likeness (QED) is 0.334. The van der Waals surface area contributed by atoms with Gasteiger partial charge in [-0.1, -0.05) is 37.6 Å². The van der Waals surface area contributed by atoms with Crippen molar-refractivity contribution in [1.82, 2.24) is 0 Å². The van der Waals surface area contributed by atoms with Crippen LogP contribution in [0, 0.1) is 16.7 Å². The molecule has 43 heavy (non-hydrogen) atoms. The summed E-state index contributed by atoms with van der Waals surface area (Å²) in [5, 5.41) is 20.2. The maximum atomic E-state index is 14.3. The Hall–Kier alpha value is -3.18. The highest BCUT2D eigenvalue weighted by molar-refractivity contribution is 6.30. The molecule has 1 fully saturated rings. The molecular formula is C32H41ClN2O8. The predicted octanol–water partition coefficient (Wildman–Crippen LogP) is 4.38. The monoisotopic (exact) mass is 616 g/mol. The topological polar surface area (TPSA) is 149 Å². The number of halogens is 1. The molecule has 2 aromatic carbocycles. The number of aliphatic hydroxyl groups is 1. The number of fused-ring (bicyclic) bond motifs is 1. The van der Waals surface area contributed by atoms with Gasteiger partial charge in [0.25, 0.3) is 5.91 Å². The van der Waals surface area contributed by atoms with Crippen LogP contribution in [0.25, 0.3) is 0 Å². The standard InChI is InChI=1S/C32H41ClN2O8/c1-31(2,18-36)17-35-23-9-8-20(33)14-22(23)27(21-6-5-7-25(41-3)28(21)42-4)43-26(29(35)38)15-24(37)19-10-12-32(16-34,13-11-19)30(39)40/h5-9,14,19,26-27,36H,10-13,15-18,34H2,1-4H3,(H,39,40)/t19?,26-,27-,32?/m1/s1. The first-order valence-electron chi connectivity index (χ1n) is 14.4. The Labute approximate surface area is 257 Å². The van der Waals surface area contributed by atoms with Crippen LogP contribution in [0.4, 0.5) is 5.69 Å². The number of hydrogen-bond acceptors (Lipinski definition) is 8. The van der Waals surface area contributed by atoms with Gasteiger partial charge in [0.15, 0.2) is 11.5 Å². The number of carbonyl (C=O) groups excluding carboxylic acids is 2. The van der Waals surface area contributed by atoms with Gasteiger partial charge in [-0.2, -0.15) is 0 Å². The van der Waals surface area contributed by atoms with E-state index in [1.807, 2.05) is 19.9 Å². The highest BCUT2D eigenvalue weighted by atomic mass is 35.5. The number of nitrogens with two attached hydrogens (primary N) is 1. The van der Waals surface area contributed by atoms with Gasteiger partial charge in [-0.15, -0.1) is 0 Å². The van der Waals surface area contributed by atoms with Gasteiger partial charge in [-0.05, 0) is 49.9 Å². The molecule has 1 saturated carbocycles. The highest BCUT2D eigenvalue weighted by Gasteiger charge is 2.45. The number of aliphatic hydroxyl groups excluding tert-OH is 1. The van der Waals surface area contributed by atoms with E-state index in [-0.39, 0.29) is 31.9 Å². The number of carboxylic acids is 1. The third kappa shape index (κ3) is 6.67. The van der Waals surface area contributed by atoms with Crippen molar-refractivity contribution in [3.05, 3.63) is 52.5 Å². The van der Waals surface area contributed by atoms with Crippen LogP contribution >= 0.6 is 11.6 Å². The van der Waals surface area contributed by atoms with Gasteiger partial charge in [0.05, 0.1) is 19.6 Å². The lowest BCUT2D eigenvalue weighted by molar-refractivity contribution is -0.152. The van der Waals surface area contributed by atoms with Crippen LogP contribution in [-0.2, 0) is 19.1 Å². The lowest BCUT2D eigenvalue weighted by Crippen LogP contribution is -2.46. The second kappa shape index (κ2) is 13.2. The number of rotatable bonds is 11. The predicted molar refractivity (Wildman–Crippen MR) is 162 cm³/mol. The average molecular weight is 617 g/mol. The fraction of sp³-hybridized carbons (Fsp3) is 0.531. The zero-order valence-electron chi connectivity index (χ0n) is 25.1. The number of benzene rings is 2. The van der Waals surface area contributed by atoms with Crippen LogP contribution < -0.4 is 20.1 Å². The molecule has 2 aromatic rings. The fourth-order valence-corrected chi connectivity index (χ4v) is 6.23. The molecule has 4 N–H and O–H groups in total. The molecule has 10 nitrogen and oxygen atoms in total. The minimum Gasteiger partial charge on any atom is -0.493 e. The zero-order valence-corrected chi connectivity index (χ0v) is 25.9. The van der Waals surface area contributed by atoms with Gasteiger partial charge in [0, 0.05) is 59.3 Å². The summed E-state index contributed by atoms with van der Waals surface area (Å²) in [5.74, 6) is -1.06. The van der Waals surface area contributed by atoms with E-state index in [2.05, 4.69) is 0 Å². The Morgan fingerprint density at radius 1 is 1.14 bits per heavy atom. The summed E-state index contributed by atoms with van der Waals surface area (Å²) >= 11 is 6.48. The Morgan fingerprint density at radius 3 is 2.42 bits per heavy atom. The maximum absolute atomic E-state index is 14.3. The van der Waals surface area contributed by atoms with Crippen LogP contribution in [-0.4, -0.2) is 67.9 Å². The van der Waals surface area contributed by atoms with Crippen molar-refractivity contribution >= 4 is 34.9 Å². The number of anilines is 1. The lowest BCUT2D eigenvalue weighted by atomic mass is 9.69. The third-order valence-corrected chi connectivity index (χ3v) is 9.00. The molecule has 0 saturated heterocycles. The molecule has 11 heteroatoms. The molecule has 1 aliphatic carbocycles. The number of hydrogen-bond donors (Lipinski definition) is 3. The van der Waals surface area contributed by atoms with Crippen LogP contribution in [0.5, 0.6) is 11.5 Å². The zero-order chi connectivity index (χ0) is 31.5. The van der Waals surface area contributed by atoms with Crippen molar-refractivity contribution in [2.24, 2.45) is 22.5 Å². The molecule has 1 amide bonds. The van der Waals surface area contributed by atoms with Crippen molar-refractivity contribution in [1.29, 1.82) is 0 Å². The summed E-state index contributed by atoms with van der Waals surface area (Å²) in [6.07, 6.45) is -0.910. The molecule has 234 valence electrons. The number of ether oxygens (including phenoxy) is 3. The number of carboxylic acid groups (broad SMARTS) is 1. The number of methoxy groups -OCH3 is 2. The van der Waals surface area contributed by atoms with Crippen molar-refractivity contribution < 1.29 is 38.8 Å². The average Bonchev–Trinajstić information content (AvgIpc) is 3.10. The van der Waals surface area contributed by atoms with Crippen LogP contribution in [0.2, 0.25) is 5.02 Å². The first kappa shape index (κ1) is 32.7. The van der Waals surface area contributed by atoms with Crippen LogP contribution in [0.15, 0.2) is 36.4 Å². The first-order chi connectivity index (χ1) is 20.4. The minimum absolute atomic E-state index is 0.00787. The second-order valence-electron chi connectivity index (χ2n) is 12.3. The molecule has 0 aromatic heterocycles. The van der Waals surface area contributed by atoms with Gasteiger partial charge in [-0.3, -0.25) is 14.4 Å². The largest absolute Gasteiger partial charge is 0.493 e. The molecule has 0 bridgehead atoms. The Bertz CT molecular complexity index is 1350. The fourth-order valence-electron chi connectivity index (χ4n) is 6.05. The van der Waals surface area contributed by atoms with E-state index in [4.69, 9.17) is 31.5 Å². The van der Waals surface area contributed by atoms with Gasteiger partial charge in [0.2, 0.25) is 0 Å². The molecule has 4 rings (SSSR count). The SMILES string of the molecule is COc1cccc([C@H]2O[C@H](CC(=O)C3CCC(CN)(C(=O)O)CC3)C(=O)N(CC(C)(C)CO)c3ccc(Cl)cc32)c1OC. The summed E-state index contributed by atoms with van der Waals surface area (Å²) in [7, 11) is 3.04. The minimum atomic E-state index is -1.17. The van der Waals surface area contributed by atoms with Gasteiger partial charge < -0.3 is 35.1 Å². The van der Waals surface area contributed by atoms with Crippen molar-refractivity contribution in [3.63, 3.8) is 0 Å². The van der Waals surface area contributed by atoms with E-state index in [1.165, 1.54) is 14.2 Å². The third-order valence-electron chi connectivity index (χ3n) is 8.76. The molecule has 0 unspecified atom stereocenters. The number of carbonyl (C=O) groups is 3. The number of ketones is 1. The summed E-state index contributed by atoms with van der Waals surface area (Å²) in [5.41, 5.74) is 5.84. The lowest BCUT2D eigenvalue weighted by Gasteiger charge is -2.36. The molecule has 2 atom stereocenters. The summed E-state index contributed by atoms with van der Waals surface area (Å²) in [6.45, 7) is 3.69. The van der Waals surface area contributed by atoms with E-state index in [9.17, 15) is 24.6 Å². The summed E-state index contributed by atoms with van der Waals surface area (Å²) < 4.78 is 17.8. The van der Waals surface area contributed by atoms with E-state index in [0.717, 1.165) is 0 Å². The van der Waals surface area contributed by atoms with Crippen LogP contribution in [0.1, 0.15) is 63.2 Å². The molecular weight excluding hydrogens is 576 g/mol. The number of nitrogens with zero attached hydrogens (tertiary/aromatic N) is 1. The normalized spacial score (nSPS) is 24.2. The van der Waals surface area contributed by atoms with Crippen LogP contribution in [0.3, 0.4) is 0 Å². The number of aliphatic carboxylic acids is 1. The smallest absolute Gasteiger partial charge is 0.310 e. The molecule has 2 aliphatic rings. The molecule has 0 radical (unpaired) electrons. The molecule has 0 spiro atoms. The summed E-state index contributed by atoms with van der Waals surface area (Å²) in [4.78, 5) is 41.4. The van der Waals surface area contributed by atoms with Gasteiger partial charge in [0.1, 0.15) is 18.0 Å². The Morgan fingerprint density at radius 2 is 1.84 bits per heavy atom. The van der Waals surface area contributed by atoms with E-state index in [0.29, 0.717) is 59.0 Å². The van der Waals surface area contributed by atoms with E-state index in [1.54, 1.807) is 35.2 Å². The Balaban J connectivity index is 1.76. The van der Waals surface area contributed by atoms with E-state index >= 15 is 0 Å². The number of Topliss-reactive ketones (excluding diaryl/α,β-unsaturated/α-hetero) is 1. The highest BCUT2D eigenvalue weighted by Crippen LogP contribution is 2.46. The Kier molecular flexibility index (Phi) is 10.1. The molecule has 1 aliphatic heterocycles. The van der Waals surface area contributed by atoms with Crippen molar-refractivity contribution in [3.8, 4) is 11.5 Å². The number of para-hydroxylation sites is 1. The first-order valence-corrected chi connectivity index (χ1v) is 14.8. The van der Waals surface area contributed by atoms with Crippen molar-refractivity contribution in [2.45, 2.75) is 58.2 Å². The second-order valence-corrected chi connectivity index (χ2v) is 12.7. The molecule has 1 heterocycles.